The quantitative estimate of drug-likeness (QED) is 0.629. The average molecular weight is 316 g/mol. The molecular formula is C20H12O4. The summed E-state index contributed by atoms with van der Waals surface area (Å²) in [5, 5.41) is 0. The number of ether oxygens (including phenoxy) is 2. The fourth-order valence-corrected chi connectivity index (χ4v) is 2.61. The Hall–Kier alpha value is -3.40. The first kappa shape index (κ1) is 14.2. The van der Waals surface area contributed by atoms with Crippen molar-refractivity contribution in [2.75, 3.05) is 0 Å². The van der Waals surface area contributed by atoms with E-state index in [0.717, 1.165) is 11.1 Å². The van der Waals surface area contributed by atoms with Crippen LogP contribution in [0.1, 0.15) is 11.1 Å². The second-order valence-corrected chi connectivity index (χ2v) is 5.36. The van der Waals surface area contributed by atoms with Crippen LogP contribution in [0.4, 0.5) is 0 Å². The van der Waals surface area contributed by atoms with E-state index < -0.39 is 11.9 Å². The summed E-state index contributed by atoms with van der Waals surface area (Å²) in [6.45, 7) is 0. The van der Waals surface area contributed by atoms with Gasteiger partial charge in [0.25, 0.3) is 0 Å². The zero-order chi connectivity index (χ0) is 16.5. The zero-order valence-electron chi connectivity index (χ0n) is 12.6. The van der Waals surface area contributed by atoms with E-state index in [4.69, 9.17) is 9.47 Å². The van der Waals surface area contributed by atoms with E-state index >= 15 is 0 Å². The average Bonchev–Trinajstić information content (AvgIpc) is 3.19. The molecule has 2 aromatic rings. The van der Waals surface area contributed by atoms with Crippen LogP contribution in [0.3, 0.4) is 0 Å². The highest BCUT2D eigenvalue weighted by Gasteiger charge is 2.32. The molecule has 4 nitrogen and oxygen atoms in total. The van der Waals surface area contributed by atoms with Gasteiger partial charge in [0.2, 0.25) is 0 Å². The van der Waals surface area contributed by atoms with E-state index in [9.17, 15) is 9.59 Å². The van der Waals surface area contributed by atoms with Gasteiger partial charge in [-0.3, -0.25) is 0 Å². The van der Waals surface area contributed by atoms with E-state index in [1.54, 1.807) is 12.2 Å². The predicted molar refractivity (Wildman–Crippen MR) is 88.0 cm³/mol. The Morgan fingerprint density at radius 1 is 0.542 bits per heavy atom. The van der Waals surface area contributed by atoms with Gasteiger partial charge in [0.15, 0.2) is 0 Å². The monoisotopic (exact) mass is 316 g/mol. The minimum absolute atomic E-state index is 0.213. The molecule has 0 unspecified atom stereocenters. The number of esters is 2. The second-order valence-electron chi connectivity index (χ2n) is 5.36. The summed E-state index contributed by atoms with van der Waals surface area (Å²) in [5.41, 5.74) is 1.98. The SMILES string of the molecule is O=C1OC(c2ccccc2)=C/C1=C1\C=C(c2ccccc2)OC1=O. The van der Waals surface area contributed by atoms with Crippen molar-refractivity contribution in [1.82, 2.24) is 0 Å². The highest BCUT2D eigenvalue weighted by molar-refractivity contribution is 6.12. The Labute approximate surface area is 138 Å². The first-order chi connectivity index (χ1) is 11.7. The third kappa shape index (κ3) is 2.44. The third-order valence-electron chi connectivity index (χ3n) is 3.80. The highest BCUT2D eigenvalue weighted by Crippen LogP contribution is 2.33. The van der Waals surface area contributed by atoms with Crippen LogP contribution in [0.5, 0.6) is 0 Å². The summed E-state index contributed by atoms with van der Waals surface area (Å²) in [6, 6.07) is 18.5. The number of benzene rings is 2. The van der Waals surface area contributed by atoms with Crippen LogP contribution in [0.15, 0.2) is 84.0 Å². The maximum Gasteiger partial charge on any atom is 0.344 e. The summed E-state index contributed by atoms with van der Waals surface area (Å²) in [7, 11) is 0. The molecule has 0 aliphatic carbocycles. The topological polar surface area (TPSA) is 52.6 Å². The van der Waals surface area contributed by atoms with Gasteiger partial charge in [0.1, 0.15) is 11.5 Å². The molecule has 2 aliphatic heterocycles. The maximum atomic E-state index is 12.2. The van der Waals surface area contributed by atoms with Gasteiger partial charge in [-0.25, -0.2) is 9.59 Å². The maximum absolute atomic E-state index is 12.2. The van der Waals surface area contributed by atoms with Crippen LogP contribution in [0.25, 0.3) is 11.5 Å². The third-order valence-corrected chi connectivity index (χ3v) is 3.80. The molecule has 0 spiro atoms. The smallest absolute Gasteiger partial charge is 0.344 e. The highest BCUT2D eigenvalue weighted by atomic mass is 16.5. The molecule has 4 heteroatoms. The Kier molecular flexibility index (Phi) is 3.35. The van der Waals surface area contributed by atoms with Crippen LogP contribution in [-0.4, -0.2) is 11.9 Å². The lowest BCUT2D eigenvalue weighted by atomic mass is 10.1. The fourth-order valence-electron chi connectivity index (χ4n) is 2.61. The lowest BCUT2D eigenvalue weighted by Crippen LogP contribution is -2.05. The molecule has 24 heavy (non-hydrogen) atoms. The Bertz CT molecular complexity index is 841. The molecule has 0 aromatic heterocycles. The summed E-state index contributed by atoms with van der Waals surface area (Å²) in [4.78, 5) is 24.3. The molecule has 0 atom stereocenters. The minimum atomic E-state index is -0.550. The van der Waals surface area contributed by atoms with Gasteiger partial charge < -0.3 is 9.47 Å². The molecule has 0 bridgehead atoms. The van der Waals surface area contributed by atoms with Crippen molar-refractivity contribution < 1.29 is 19.1 Å². The predicted octanol–water partition coefficient (Wildman–Crippen LogP) is 3.48. The van der Waals surface area contributed by atoms with Gasteiger partial charge in [0, 0.05) is 11.1 Å². The number of hydrogen-bond donors (Lipinski definition) is 0. The van der Waals surface area contributed by atoms with Crippen molar-refractivity contribution in [2.45, 2.75) is 0 Å². The normalized spacial score (nSPS) is 19.7. The lowest BCUT2D eigenvalue weighted by Gasteiger charge is -2.00. The van der Waals surface area contributed by atoms with Gasteiger partial charge in [-0.1, -0.05) is 60.7 Å². The van der Waals surface area contributed by atoms with Crippen LogP contribution >= 0.6 is 0 Å². The van der Waals surface area contributed by atoms with Crippen molar-refractivity contribution in [3.05, 3.63) is 95.1 Å². The van der Waals surface area contributed by atoms with Crippen molar-refractivity contribution in [2.24, 2.45) is 0 Å². The largest absolute Gasteiger partial charge is 0.422 e. The fraction of sp³-hybridized carbons (Fsp3) is 0. The zero-order valence-corrected chi connectivity index (χ0v) is 12.6. The molecule has 116 valence electrons. The number of carbonyl (C=O) groups excluding carboxylic acids is 2. The summed E-state index contributed by atoms with van der Waals surface area (Å²) in [6.07, 6.45) is 3.16. The second kappa shape index (κ2) is 5.66. The van der Waals surface area contributed by atoms with Crippen molar-refractivity contribution in [1.29, 1.82) is 0 Å². The number of carbonyl (C=O) groups is 2. The van der Waals surface area contributed by atoms with Crippen LogP contribution in [-0.2, 0) is 19.1 Å². The molecule has 0 radical (unpaired) electrons. The Morgan fingerprint density at radius 2 is 0.917 bits per heavy atom. The molecule has 2 aliphatic rings. The van der Waals surface area contributed by atoms with Crippen LogP contribution < -0.4 is 0 Å². The summed E-state index contributed by atoms with van der Waals surface area (Å²) in [5.74, 6) is -0.243. The van der Waals surface area contributed by atoms with Gasteiger partial charge in [-0.05, 0) is 12.2 Å². The first-order valence-electron chi connectivity index (χ1n) is 7.45. The molecule has 2 heterocycles. The van der Waals surface area contributed by atoms with E-state index in [-0.39, 0.29) is 11.1 Å². The minimum Gasteiger partial charge on any atom is -0.422 e. The standard InChI is InChI=1S/C20H12O4/c21-19-15(11-17(23-19)13-7-3-1-4-8-13)16-12-18(24-20(16)22)14-9-5-2-6-10-14/h1-12H/b16-15-. The van der Waals surface area contributed by atoms with Gasteiger partial charge in [-0.2, -0.15) is 0 Å². The number of hydrogen-bond acceptors (Lipinski definition) is 4. The summed E-state index contributed by atoms with van der Waals surface area (Å²) >= 11 is 0. The van der Waals surface area contributed by atoms with E-state index in [1.165, 1.54) is 0 Å². The van der Waals surface area contributed by atoms with Crippen LogP contribution in [0.2, 0.25) is 0 Å². The summed E-state index contributed by atoms with van der Waals surface area (Å²) < 4.78 is 10.6. The first-order valence-corrected chi connectivity index (χ1v) is 7.45. The molecule has 0 fully saturated rings. The van der Waals surface area contributed by atoms with E-state index in [2.05, 4.69) is 0 Å². The molecule has 4 rings (SSSR count). The molecule has 0 saturated heterocycles. The van der Waals surface area contributed by atoms with E-state index in [0.29, 0.717) is 11.5 Å². The molecule has 2 aromatic carbocycles. The lowest BCUT2D eigenvalue weighted by molar-refractivity contribution is -0.133. The van der Waals surface area contributed by atoms with Crippen molar-refractivity contribution >= 4 is 23.5 Å². The van der Waals surface area contributed by atoms with Crippen molar-refractivity contribution in [3.8, 4) is 0 Å². The van der Waals surface area contributed by atoms with Gasteiger partial charge in [0.05, 0.1) is 11.1 Å². The van der Waals surface area contributed by atoms with Gasteiger partial charge >= 0.3 is 11.9 Å². The Morgan fingerprint density at radius 3 is 1.29 bits per heavy atom. The Balaban J connectivity index is 1.76. The molecule has 0 amide bonds. The van der Waals surface area contributed by atoms with Gasteiger partial charge in [-0.15, -0.1) is 0 Å². The van der Waals surface area contributed by atoms with Crippen molar-refractivity contribution in [3.63, 3.8) is 0 Å². The molecule has 0 saturated carbocycles. The number of rotatable bonds is 2. The number of cyclic esters (lactones) is 2. The van der Waals surface area contributed by atoms with E-state index in [1.807, 2.05) is 60.7 Å². The molecular weight excluding hydrogens is 304 g/mol. The van der Waals surface area contributed by atoms with Crippen LogP contribution in [0, 0.1) is 0 Å². The molecule has 0 N–H and O–H groups in total.